The zero-order chi connectivity index (χ0) is 29.5. The van der Waals surface area contributed by atoms with Crippen LogP contribution in [0.4, 0.5) is 0 Å². The van der Waals surface area contributed by atoms with Gasteiger partial charge < -0.3 is 20.1 Å². The Morgan fingerprint density at radius 2 is 1.44 bits per heavy atom. The van der Waals surface area contributed by atoms with Crippen molar-refractivity contribution >= 4 is 17.5 Å². The third-order valence-electron chi connectivity index (χ3n) is 8.18. The first-order chi connectivity index (χ1) is 19.4. The zero-order valence-electron chi connectivity index (χ0n) is 24.7. The van der Waals surface area contributed by atoms with Crippen molar-refractivity contribution in [1.82, 2.24) is 4.90 Å². The average molecular weight is 557 g/mol. The number of nitrogens with two attached hydrogens (primary N) is 1. The highest BCUT2D eigenvalue weighted by atomic mass is 16.5. The number of benzene rings is 2. The van der Waals surface area contributed by atoms with E-state index >= 15 is 0 Å². The molecule has 2 aromatic carbocycles. The number of Topliss-reactive ketones (excluding diaryl/α,β-unsaturated/α-hetero) is 2. The van der Waals surface area contributed by atoms with E-state index in [2.05, 4.69) is 44.7 Å². The van der Waals surface area contributed by atoms with E-state index in [-0.39, 0.29) is 29.0 Å². The number of hydrogen-bond acceptors (Lipinski definition) is 6. The summed E-state index contributed by atoms with van der Waals surface area (Å²) >= 11 is 0. The largest absolute Gasteiger partial charge is 0.490 e. The molecule has 7 heteroatoms. The topological polar surface area (TPSA) is 98.9 Å². The molecule has 0 fully saturated rings. The highest BCUT2D eigenvalue weighted by Crippen LogP contribution is 2.55. The molecule has 41 heavy (non-hydrogen) atoms. The molecule has 7 nitrogen and oxygen atoms in total. The summed E-state index contributed by atoms with van der Waals surface area (Å²) in [5, 5.41) is 0. The van der Waals surface area contributed by atoms with Crippen LogP contribution in [0.3, 0.4) is 0 Å². The smallest absolute Gasteiger partial charge is 0.255 e. The zero-order valence-corrected chi connectivity index (χ0v) is 24.7. The van der Waals surface area contributed by atoms with Crippen molar-refractivity contribution < 1.29 is 23.9 Å². The van der Waals surface area contributed by atoms with Crippen molar-refractivity contribution in [1.29, 1.82) is 0 Å². The van der Waals surface area contributed by atoms with Crippen molar-refractivity contribution in [3.8, 4) is 11.5 Å². The molecule has 0 saturated carbocycles. The van der Waals surface area contributed by atoms with Crippen LogP contribution in [0.1, 0.15) is 77.3 Å². The molecule has 3 aliphatic rings. The van der Waals surface area contributed by atoms with E-state index in [0.29, 0.717) is 48.6 Å². The number of carbonyl (C=O) groups excluding carboxylic acids is 3. The molecule has 0 aromatic heterocycles. The number of allylic oxidation sites excluding steroid dienone is 4. The minimum absolute atomic E-state index is 0.0792. The van der Waals surface area contributed by atoms with E-state index in [4.69, 9.17) is 15.2 Å². The first kappa shape index (κ1) is 28.7. The van der Waals surface area contributed by atoms with E-state index in [9.17, 15) is 14.4 Å². The van der Waals surface area contributed by atoms with Crippen molar-refractivity contribution in [3.05, 3.63) is 82.2 Å². The first-order valence-electron chi connectivity index (χ1n) is 14.4. The maximum atomic E-state index is 14.1. The summed E-state index contributed by atoms with van der Waals surface area (Å²) in [4.78, 5) is 41.8. The highest BCUT2D eigenvalue weighted by molar-refractivity contribution is 6.06. The van der Waals surface area contributed by atoms with Gasteiger partial charge in [-0.1, -0.05) is 64.1 Å². The van der Waals surface area contributed by atoms with E-state index in [1.54, 1.807) is 6.07 Å². The van der Waals surface area contributed by atoms with Crippen molar-refractivity contribution in [2.24, 2.45) is 16.6 Å². The molecule has 2 aliphatic carbocycles. The molecule has 1 heterocycles. The third kappa shape index (κ3) is 5.81. The second-order valence-corrected chi connectivity index (χ2v) is 13.0. The van der Waals surface area contributed by atoms with E-state index < -0.39 is 11.8 Å². The molecule has 1 amide bonds. The van der Waals surface area contributed by atoms with Crippen molar-refractivity contribution in [2.45, 2.75) is 72.8 Å². The lowest BCUT2D eigenvalue weighted by atomic mass is 9.63. The van der Waals surface area contributed by atoms with Gasteiger partial charge in [-0.25, -0.2) is 0 Å². The maximum Gasteiger partial charge on any atom is 0.255 e. The fraction of sp³-hybridized carbons (Fsp3) is 0.441. The van der Waals surface area contributed by atoms with Gasteiger partial charge >= 0.3 is 0 Å². The molecule has 0 atom stereocenters. The van der Waals surface area contributed by atoms with Gasteiger partial charge in [-0.15, -0.1) is 0 Å². The highest BCUT2D eigenvalue weighted by Gasteiger charge is 2.49. The Bertz CT molecular complexity index is 1400. The Labute approximate surface area is 242 Å². The maximum absolute atomic E-state index is 14.1. The SMILES string of the molecule is CCOc1cc(C2C3=C(CC(C)(C)CC3=O)N(Cc3ccccc3)C3=C2C(=O)CC(C)(C)C3)ccc1OCC(N)=O. The second-order valence-electron chi connectivity index (χ2n) is 13.0. The Hall–Kier alpha value is -3.87. The quantitative estimate of drug-likeness (QED) is 0.439. The monoisotopic (exact) mass is 556 g/mol. The van der Waals surface area contributed by atoms with Crippen LogP contribution in [0, 0.1) is 10.8 Å². The van der Waals surface area contributed by atoms with Gasteiger partial charge in [0.15, 0.2) is 29.7 Å². The Morgan fingerprint density at radius 3 is 1.98 bits per heavy atom. The van der Waals surface area contributed by atoms with Gasteiger partial charge in [-0.3, -0.25) is 14.4 Å². The molecule has 0 saturated heterocycles. The van der Waals surface area contributed by atoms with Crippen LogP contribution in [0.25, 0.3) is 0 Å². The molecular weight excluding hydrogens is 516 g/mol. The van der Waals surface area contributed by atoms with Crippen molar-refractivity contribution in [2.75, 3.05) is 13.2 Å². The van der Waals surface area contributed by atoms with Gasteiger partial charge in [0.25, 0.3) is 5.91 Å². The first-order valence-corrected chi connectivity index (χ1v) is 14.4. The van der Waals surface area contributed by atoms with Gasteiger partial charge in [0.1, 0.15) is 0 Å². The number of amides is 1. The molecular formula is C34H40N2O5. The molecule has 2 aromatic rings. The summed E-state index contributed by atoms with van der Waals surface area (Å²) in [6.07, 6.45) is 2.31. The lowest BCUT2D eigenvalue weighted by Gasteiger charge is -2.49. The van der Waals surface area contributed by atoms with E-state index in [1.165, 1.54) is 0 Å². The predicted octanol–water partition coefficient (Wildman–Crippen LogP) is 5.84. The number of nitrogens with zero attached hydrogens (tertiary/aromatic N) is 1. The average Bonchev–Trinajstić information content (AvgIpc) is 2.88. The summed E-state index contributed by atoms with van der Waals surface area (Å²) in [6, 6.07) is 15.7. The number of ketones is 2. The predicted molar refractivity (Wildman–Crippen MR) is 157 cm³/mol. The third-order valence-corrected chi connectivity index (χ3v) is 8.18. The molecule has 1 aliphatic heterocycles. The minimum Gasteiger partial charge on any atom is -0.490 e. The van der Waals surface area contributed by atoms with Crippen LogP contribution in [-0.4, -0.2) is 35.6 Å². The Balaban J connectivity index is 1.72. The number of primary amides is 1. The van der Waals surface area contributed by atoms with Crippen LogP contribution in [0.5, 0.6) is 11.5 Å². The molecule has 0 radical (unpaired) electrons. The lowest BCUT2D eigenvalue weighted by molar-refractivity contribution is -0.121. The molecule has 2 N–H and O–H groups in total. The van der Waals surface area contributed by atoms with Crippen molar-refractivity contribution in [3.63, 3.8) is 0 Å². The second kappa shape index (κ2) is 10.8. The molecule has 0 spiro atoms. The summed E-state index contributed by atoms with van der Waals surface area (Å²) in [7, 11) is 0. The number of hydrogen-bond donors (Lipinski definition) is 1. The van der Waals surface area contributed by atoms with Gasteiger partial charge in [0, 0.05) is 47.8 Å². The van der Waals surface area contributed by atoms with Crippen LogP contribution < -0.4 is 15.2 Å². The van der Waals surface area contributed by atoms with Crippen LogP contribution in [0.2, 0.25) is 0 Å². The molecule has 0 bridgehead atoms. The fourth-order valence-corrected chi connectivity index (χ4v) is 6.58. The summed E-state index contributed by atoms with van der Waals surface area (Å²) in [6.45, 7) is 11.1. The molecule has 5 rings (SSSR count). The van der Waals surface area contributed by atoms with Gasteiger partial charge in [-0.05, 0) is 53.9 Å². The van der Waals surface area contributed by atoms with Crippen LogP contribution in [-0.2, 0) is 20.9 Å². The van der Waals surface area contributed by atoms with Gasteiger partial charge in [0.05, 0.1) is 6.61 Å². The number of ether oxygens (including phenoxy) is 2. The minimum atomic E-state index is -0.585. The van der Waals surface area contributed by atoms with E-state index in [1.807, 2.05) is 37.3 Å². The number of carbonyl (C=O) groups is 3. The lowest BCUT2D eigenvalue weighted by Crippen LogP contribution is -2.44. The fourth-order valence-electron chi connectivity index (χ4n) is 6.58. The van der Waals surface area contributed by atoms with E-state index in [0.717, 1.165) is 35.4 Å². The molecule has 0 unspecified atom stereocenters. The Morgan fingerprint density at radius 1 is 0.854 bits per heavy atom. The Kier molecular flexibility index (Phi) is 7.58. The number of rotatable bonds is 8. The standard InChI is InChI=1S/C34H40N2O5/c1-6-40-28-14-22(12-13-27(28)41-20-29(35)39)30-31-23(15-33(2,3)17-25(31)37)36(19-21-10-8-7-9-11-21)24-16-34(4,5)18-26(38)32(24)30/h7-14,30H,6,15-20H2,1-5H3,(H2,35,39). The summed E-state index contributed by atoms with van der Waals surface area (Å²) < 4.78 is 11.5. The van der Waals surface area contributed by atoms with Gasteiger partial charge in [-0.2, -0.15) is 0 Å². The normalized spacial score (nSPS) is 20.1. The van der Waals surface area contributed by atoms with Crippen LogP contribution >= 0.6 is 0 Å². The van der Waals surface area contributed by atoms with Crippen LogP contribution in [0.15, 0.2) is 71.1 Å². The molecule has 216 valence electrons. The summed E-state index contributed by atoms with van der Waals surface area (Å²) in [5.74, 6) is -0.0756. The summed E-state index contributed by atoms with van der Waals surface area (Å²) in [5.41, 5.74) is 10.3. The van der Waals surface area contributed by atoms with Gasteiger partial charge in [0.2, 0.25) is 0 Å².